The summed E-state index contributed by atoms with van der Waals surface area (Å²) < 4.78 is 64.1. The summed E-state index contributed by atoms with van der Waals surface area (Å²) in [7, 11) is 3.36. The molecular formula is C48H71NO13. The summed E-state index contributed by atoms with van der Waals surface area (Å²) in [4.78, 5) is 18.9. The van der Waals surface area contributed by atoms with Gasteiger partial charge in [-0.1, -0.05) is 57.2 Å². The summed E-state index contributed by atoms with van der Waals surface area (Å²) in [6.07, 6.45) is 10.1. The maximum absolute atomic E-state index is 14.3. The van der Waals surface area contributed by atoms with Crippen molar-refractivity contribution in [2.75, 3.05) is 27.4 Å². The van der Waals surface area contributed by atoms with Gasteiger partial charge in [-0.25, -0.2) is 0 Å². The molecule has 2 bridgehead atoms. The second-order valence-electron chi connectivity index (χ2n) is 18.3. The summed E-state index contributed by atoms with van der Waals surface area (Å²) in [6, 6.07) is 0. The number of fused-ring (bicyclic) bond motifs is 2. The van der Waals surface area contributed by atoms with Crippen molar-refractivity contribution in [3.63, 3.8) is 0 Å². The van der Waals surface area contributed by atoms with Gasteiger partial charge in [-0.3, -0.25) is 9.79 Å². The number of hydrogen-bond acceptors (Lipinski definition) is 14. The fourth-order valence-corrected chi connectivity index (χ4v) is 10.5. The van der Waals surface area contributed by atoms with Gasteiger partial charge in [0.25, 0.3) is 0 Å². The smallest absolute Gasteiger partial charge is 0.316 e. The van der Waals surface area contributed by atoms with Crippen LogP contribution in [0.25, 0.3) is 0 Å². The molecule has 14 nitrogen and oxygen atoms in total. The van der Waals surface area contributed by atoms with Gasteiger partial charge in [-0.2, -0.15) is 0 Å². The van der Waals surface area contributed by atoms with Crippen molar-refractivity contribution in [2.24, 2.45) is 22.7 Å². The standard InChI is InChI=1S/C48H71NO13/c1-11-36-26(3)18-19-47(62-36)24-34-21-33(61-47)17-16-28(5)43(27(4)14-13-15-32-25-55-45-42(50)29(6)20-35(46(51)58-34)48(32,45)52)59-40-23-38(54-10)44(31(8)57-40)60-39-22-37(53-9)41(49-12-2)30(7)56-39/h13-16,18-20,26-27,30-31,33-40,42-45,50,52H,11-12,17,21-25H2,1-10H3/b14-13+,28-16+,32-15+,49-41?/t26-,27-,30-,31-,33+,34-,35-,36+,37-,38-,39-,40-,42+,43-,44-,45+,47?,48+/m0/s1. The first-order valence-electron chi connectivity index (χ1n) is 22.8. The number of hydrogen-bond donors (Lipinski definition) is 2. The second kappa shape index (κ2) is 19.9. The van der Waals surface area contributed by atoms with Crippen molar-refractivity contribution in [1.29, 1.82) is 0 Å². The fraction of sp³-hybridized carbons (Fsp3) is 0.750. The van der Waals surface area contributed by atoms with E-state index >= 15 is 0 Å². The Balaban J connectivity index is 1.16. The third-order valence-electron chi connectivity index (χ3n) is 14.0. The van der Waals surface area contributed by atoms with Gasteiger partial charge < -0.3 is 57.6 Å². The van der Waals surface area contributed by atoms with E-state index in [0.29, 0.717) is 49.8 Å². The maximum Gasteiger partial charge on any atom is 0.316 e. The number of ether oxygens (including phenoxy) is 10. The largest absolute Gasteiger partial charge is 0.462 e. The van der Waals surface area contributed by atoms with Crippen LogP contribution in [0.3, 0.4) is 0 Å². The molecule has 1 spiro atoms. The molecule has 1 unspecified atom stereocenters. The van der Waals surface area contributed by atoms with E-state index in [1.165, 1.54) is 0 Å². The third kappa shape index (κ3) is 9.67. The Labute approximate surface area is 367 Å². The first kappa shape index (κ1) is 47.4. The van der Waals surface area contributed by atoms with E-state index < -0.39 is 72.5 Å². The van der Waals surface area contributed by atoms with Crippen LogP contribution in [0.4, 0.5) is 0 Å². The number of methoxy groups -OCH3 is 2. The zero-order chi connectivity index (χ0) is 44.5. The summed E-state index contributed by atoms with van der Waals surface area (Å²) in [5.41, 5.74) is 1.06. The average Bonchev–Trinajstić information content (AvgIpc) is 3.58. The molecule has 1 aliphatic carbocycles. The predicted molar refractivity (Wildman–Crippen MR) is 230 cm³/mol. The summed E-state index contributed by atoms with van der Waals surface area (Å²) in [5, 5.41) is 23.7. The van der Waals surface area contributed by atoms with Crippen molar-refractivity contribution in [3.05, 3.63) is 59.3 Å². The molecule has 62 heavy (non-hydrogen) atoms. The van der Waals surface area contributed by atoms with Crippen LogP contribution in [0.15, 0.2) is 64.2 Å². The number of aliphatic hydroxyl groups is 2. The van der Waals surface area contributed by atoms with E-state index in [2.05, 4.69) is 44.8 Å². The van der Waals surface area contributed by atoms with Crippen LogP contribution in [0, 0.1) is 17.8 Å². The molecule has 0 aromatic heterocycles. The fourth-order valence-electron chi connectivity index (χ4n) is 10.5. The molecule has 4 saturated heterocycles. The number of rotatable bonds is 8. The molecule has 0 aromatic carbocycles. The third-order valence-corrected chi connectivity index (χ3v) is 14.0. The molecule has 0 saturated carbocycles. The monoisotopic (exact) mass is 869 g/mol. The van der Waals surface area contributed by atoms with Gasteiger partial charge >= 0.3 is 5.97 Å². The van der Waals surface area contributed by atoms with E-state index in [1.807, 2.05) is 39.0 Å². The van der Waals surface area contributed by atoms with E-state index in [0.717, 1.165) is 17.7 Å². The minimum atomic E-state index is -1.82. The average molecular weight is 870 g/mol. The van der Waals surface area contributed by atoms with Gasteiger partial charge in [0.1, 0.15) is 42.0 Å². The number of carbonyl (C=O) groups excluding carboxylic acids is 1. The molecule has 6 aliphatic heterocycles. The number of esters is 1. The molecule has 18 atom stereocenters. The van der Waals surface area contributed by atoms with Crippen molar-refractivity contribution < 1.29 is 62.4 Å². The minimum absolute atomic E-state index is 0.0399. The van der Waals surface area contributed by atoms with E-state index in [9.17, 15) is 15.0 Å². The van der Waals surface area contributed by atoms with Crippen molar-refractivity contribution in [3.8, 4) is 0 Å². The van der Waals surface area contributed by atoms with Crippen LogP contribution < -0.4 is 0 Å². The van der Waals surface area contributed by atoms with Gasteiger partial charge in [0, 0.05) is 58.3 Å². The lowest BCUT2D eigenvalue weighted by atomic mass is 9.71. The quantitative estimate of drug-likeness (QED) is 0.221. The highest BCUT2D eigenvalue weighted by Crippen LogP contribution is 2.47. The minimum Gasteiger partial charge on any atom is -0.462 e. The number of aliphatic imine (C=N–C) groups is 1. The summed E-state index contributed by atoms with van der Waals surface area (Å²) >= 11 is 0. The summed E-state index contributed by atoms with van der Waals surface area (Å²) in [6.45, 7) is 16.7. The van der Waals surface area contributed by atoms with Gasteiger partial charge in [0.15, 0.2) is 18.4 Å². The van der Waals surface area contributed by atoms with Crippen LogP contribution in [-0.2, 0) is 52.2 Å². The molecular weight excluding hydrogens is 799 g/mol. The Hall–Kier alpha value is -2.60. The first-order valence-corrected chi connectivity index (χ1v) is 22.8. The van der Waals surface area contributed by atoms with Gasteiger partial charge in [-0.15, -0.1) is 0 Å². The van der Waals surface area contributed by atoms with Gasteiger partial charge in [-0.05, 0) is 70.3 Å². The Bertz CT molecular complexity index is 1780. The van der Waals surface area contributed by atoms with Crippen LogP contribution in [0.1, 0.15) is 93.9 Å². The maximum atomic E-state index is 14.3. The zero-order valence-corrected chi connectivity index (χ0v) is 38.3. The van der Waals surface area contributed by atoms with Crippen molar-refractivity contribution in [2.45, 2.75) is 185 Å². The highest BCUT2D eigenvalue weighted by Gasteiger charge is 2.60. The van der Waals surface area contributed by atoms with E-state index in [-0.39, 0.29) is 49.0 Å². The zero-order valence-electron chi connectivity index (χ0n) is 38.3. The van der Waals surface area contributed by atoms with Crippen LogP contribution in [-0.4, -0.2) is 140 Å². The van der Waals surface area contributed by atoms with E-state index in [4.69, 9.17) is 47.4 Å². The van der Waals surface area contributed by atoms with Crippen molar-refractivity contribution in [1.82, 2.24) is 0 Å². The lowest BCUT2D eigenvalue weighted by Crippen LogP contribution is -2.58. The molecule has 6 heterocycles. The van der Waals surface area contributed by atoms with Crippen LogP contribution >= 0.6 is 0 Å². The normalized spacial score (nSPS) is 48.1. The van der Waals surface area contributed by atoms with Gasteiger partial charge in [0.2, 0.25) is 0 Å². The molecule has 7 aliphatic rings. The highest BCUT2D eigenvalue weighted by molar-refractivity contribution is 5.93. The number of nitrogens with zero attached hydrogens (tertiary/aromatic N) is 1. The molecule has 7 rings (SSSR count). The number of aliphatic hydroxyl groups excluding tert-OH is 1. The molecule has 14 heteroatoms. The topological polar surface area (TPSA) is 162 Å². The number of allylic oxidation sites excluding steroid dienone is 2. The van der Waals surface area contributed by atoms with Crippen molar-refractivity contribution >= 4 is 11.7 Å². The molecule has 0 radical (unpaired) electrons. The lowest BCUT2D eigenvalue weighted by molar-refractivity contribution is -0.302. The van der Waals surface area contributed by atoms with Crippen LogP contribution in [0.5, 0.6) is 0 Å². The molecule has 346 valence electrons. The first-order chi connectivity index (χ1) is 29.6. The SMILES string of the molecule is CCN=C1[C@H](C)O[C@@H](O[C@H]2[C@H](C)O[C@@H](O[C@@H]3/C(C)=C/C[C@@H]4C[C@@H](CC5(C=C[C@H](C)[C@@H](CC)O5)O4)OC(=O)[C@@H]4C=C(C)[C@@H](O)[C@H]5OC/C(=C\C=C\[C@@H]3C)[C@]54O)C[C@@H]2OC)C[C@@H]1OC. The Morgan fingerprint density at radius 2 is 1.69 bits per heavy atom. The number of carbonyl (C=O) groups is 1. The Kier molecular flexibility index (Phi) is 15.2. The predicted octanol–water partition coefficient (Wildman–Crippen LogP) is 5.84. The Morgan fingerprint density at radius 1 is 0.919 bits per heavy atom. The highest BCUT2D eigenvalue weighted by atomic mass is 16.7. The Morgan fingerprint density at radius 3 is 2.42 bits per heavy atom. The molecule has 0 amide bonds. The molecule has 2 N–H and O–H groups in total. The second-order valence-corrected chi connectivity index (χ2v) is 18.3. The van der Waals surface area contributed by atoms with Gasteiger partial charge in [0.05, 0.1) is 48.9 Å². The molecule has 4 fully saturated rings. The summed E-state index contributed by atoms with van der Waals surface area (Å²) in [5.74, 6) is -2.75. The van der Waals surface area contributed by atoms with Crippen LogP contribution in [0.2, 0.25) is 0 Å². The lowest BCUT2D eigenvalue weighted by Gasteiger charge is -2.47. The van der Waals surface area contributed by atoms with E-state index in [1.54, 1.807) is 33.3 Å². The molecule has 0 aromatic rings.